The molecule has 0 aliphatic rings. The first-order chi connectivity index (χ1) is 12.8. The molecule has 0 atom stereocenters. The molecule has 0 amide bonds. The second kappa shape index (κ2) is 7.71. The van der Waals surface area contributed by atoms with Crippen molar-refractivity contribution in [2.24, 2.45) is 0 Å². The number of rotatable bonds is 3. The SMILES string of the molecule is CC.Nc1ncccc1-c1nc2cncnc2n1-c1ccc(CO)cc1. The lowest BCUT2D eigenvalue weighted by Crippen LogP contribution is -2.02. The number of nitrogen functional groups attached to an aromatic ring is 1. The van der Waals surface area contributed by atoms with E-state index in [4.69, 9.17) is 5.73 Å². The summed E-state index contributed by atoms with van der Waals surface area (Å²) in [6.45, 7) is 4.00. The topological polar surface area (TPSA) is 103 Å². The minimum absolute atomic E-state index is 0.00443. The van der Waals surface area contributed by atoms with Gasteiger partial charge in [0.1, 0.15) is 17.7 Å². The fourth-order valence-corrected chi connectivity index (χ4v) is 2.61. The van der Waals surface area contributed by atoms with Gasteiger partial charge in [-0.25, -0.2) is 19.9 Å². The van der Waals surface area contributed by atoms with Crippen LogP contribution in [-0.2, 0) is 6.61 Å². The van der Waals surface area contributed by atoms with Crippen molar-refractivity contribution in [1.29, 1.82) is 0 Å². The number of nitrogens with zero attached hydrogens (tertiary/aromatic N) is 5. The molecule has 0 aliphatic carbocycles. The quantitative estimate of drug-likeness (QED) is 0.590. The number of fused-ring (bicyclic) bond motifs is 1. The minimum Gasteiger partial charge on any atom is -0.392 e. The maximum Gasteiger partial charge on any atom is 0.168 e. The number of aliphatic hydroxyl groups is 1. The molecule has 26 heavy (non-hydrogen) atoms. The number of pyridine rings is 1. The van der Waals surface area contributed by atoms with E-state index < -0.39 is 0 Å². The van der Waals surface area contributed by atoms with E-state index in [0.717, 1.165) is 16.8 Å². The van der Waals surface area contributed by atoms with E-state index in [9.17, 15) is 5.11 Å². The molecule has 132 valence electrons. The Kier molecular flexibility index (Phi) is 5.19. The van der Waals surface area contributed by atoms with E-state index in [1.807, 2.05) is 54.8 Å². The Hall–Kier alpha value is -3.32. The second-order valence-electron chi connectivity index (χ2n) is 5.26. The van der Waals surface area contributed by atoms with Crippen LogP contribution in [0.2, 0.25) is 0 Å². The minimum atomic E-state index is -0.00443. The average Bonchev–Trinajstić information content (AvgIpc) is 3.09. The van der Waals surface area contributed by atoms with Crippen LogP contribution in [-0.4, -0.2) is 29.6 Å². The van der Waals surface area contributed by atoms with Crippen LogP contribution in [0, 0.1) is 0 Å². The van der Waals surface area contributed by atoms with E-state index >= 15 is 0 Å². The third-order valence-electron chi connectivity index (χ3n) is 3.78. The van der Waals surface area contributed by atoms with Crippen LogP contribution in [0.25, 0.3) is 28.2 Å². The fraction of sp³-hybridized carbons (Fsp3) is 0.158. The third kappa shape index (κ3) is 3.12. The second-order valence-corrected chi connectivity index (χ2v) is 5.26. The maximum atomic E-state index is 9.24. The summed E-state index contributed by atoms with van der Waals surface area (Å²) in [5.74, 6) is 1.04. The van der Waals surface area contributed by atoms with Gasteiger partial charge in [0.15, 0.2) is 11.5 Å². The lowest BCUT2D eigenvalue weighted by atomic mass is 10.2. The highest BCUT2D eigenvalue weighted by molar-refractivity contribution is 5.82. The first-order valence-electron chi connectivity index (χ1n) is 8.37. The average molecular weight is 348 g/mol. The molecule has 0 fully saturated rings. The molecule has 1 aromatic carbocycles. The van der Waals surface area contributed by atoms with Gasteiger partial charge in [0.25, 0.3) is 0 Å². The maximum absolute atomic E-state index is 9.24. The van der Waals surface area contributed by atoms with E-state index in [0.29, 0.717) is 22.8 Å². The number of nitrogens with two attached hydrogens (primary N) is 1. The predicted molar refractivity (Wildman–Crippen MR) is 102 cm³/mol. The van der Waals surface area contributed by atoms with Crippen molar-refractivity contribution in [3.8, 4) is 17.1 Å². The number of hydrogen-bond acceptors (Lipinski definition) is 6. The Balaban J connectivity index is 0.000000948. The van der Waals surface area contributed by atoms with Crippen molar-refractivity contribution in [2.45, 2.75) is 20.5 Å². The van der Waals surface area contributed by atoms with Crippen molar-refractivity contribution in [3.63, 3.8) is 0 Å². The summed E-state index contributed by atoms with van der Waals surface area (Å²) < 4.78 is 1.91. The monoisotopic (exact) mass is 348 g/mol. The van der Waals surface area contributed by atoms with Gasteiger partial charge in [-0.1, -0.05) is 26.0 Å². The van der Waals surface area contributed by atoms with Gasteiger partial charge in [-0.3, -0.25) is 4.57 Å². The van der Waals surface area contributed by atoms with Gasteiger partial charge in [-0.2, -0.15) is 0 Å². The molecule has 0 bridgehead atoms. The lowest BCUT2D eigenvalue weighted by Gasteiger charge is -2.10. The molecule has 3 aromatic heterocycles. The largest absolute Gasteiger partial charge is 0.392 e. The van der Waals surface area contributed by atoms with Crippen LogP contribution in [0.5, 0.6) is 0 Å². The molecular weight excluding hydrogens is 328 g/mol. The zero-order chi connectivity index (χ0) is 18.5. The number of aliphatic hydroxyl groups excluding tert-OH is 1. The molecule has 0 aliphatic heterocycles. The molecule has 0 unspecified atom stereocenters. The zero-order valence-electron chi connectivity index (χ0n) is 14.7. The van der Waals surface area contributed by atoms with Crippen LogP contribution in [0.4, 0.5) is 5.82 Å². The van der Waals surface area contributed by atoms with Crippen LogP contribution < -0.4 is 5.73 Å². The lowest BCUT2D eigenvalue weighted by molar-refractivity contribution is 0.282. The molecule has 4 rings (SSSR count). The van der Waals surface area contributed by atoms with Gasteiger partial charge in [0.2, 0.25) is 0 Å². The highest BCUT2D eigenvalue weighted by Gasteiger charge is 2.17. The third-order valence-corrected chi connectivity index (χ3v) is 3.78. The standard InChI is InChI=1S/C17H14N6O.C2H6/c18-15-13(2-1-7-20-15)16-22-14-8-19-10-21-17(14)23(16)12-5-3-11(9-24)4-6-12;1-2/h1-8,10,24H,9H2,(H2,18,20);1-2H3. The van der Waals surface area contributed by atoms with Crippen molar-refractivity contribution in [1.82, 2.24) is 24.5 Å². The van der Waals surface area contributed by atoms with E-state index in [-0.39, 0.29) is 6.61 Å². The first kappa shape index (κ1) is 17.5. The summed E-state index contributed by atoms with van der Waals surface area (Å²) in [5, 5.41) is 9.24. The summed E-state index contributed by atoms with van der Waals surface area (Å²) in [5.41, 5.74) is 9.81. The number of anilines is 1. The molecule has 0 radical (unpaired) electrons. The van der Waals surface area contributed by atoms with E-state index in [1.165, 1.54) is 6.33 Å². The van der Waals surface area contributed by atoms with Crippen molar-refractivity contribution < 1.29 is 5.11 Å². The molecule has 0 saturated carbocycles. The first-order valence-corrected chi connectivity index (χ1v) is 8.37. The summed E-state index contributed by atoms with van der Waals surface area (Å²) in [4.78, 5) is 17.2. The molecule has 0 spiro atoms. The fourth-order valence-electron chi connectivity index (χ4n) is 2.61. The Morgan fingerprint density at radius 3 is 2.54 bits per heavy atom. The molecule has 7 nitrogen and oxygen atoms in total. The molecule has 0 saturated heterocycles. The van der Waals surface area contributed by atoms with Crippen molar-refractivity contribution >= 4 is 17.0 Å². The highest BCUT2D eigenvalue weighted by Crippen LogP contribution is 2.29. The predicted octanol–water partition coefficient (Wildman–Crippen LogP) is 2.98. The number of imidazole rings is 1. The van der Waals surface area contributed by atoms with Gasteiger partial charge in [-0.05, 0) is 29.8 Å². The Morgan fingerprint density at radius 2 is 1.85 bits per heavy atom. The summed E-state index contributed by atoms with van der Waals surface area (Å²) in [7, 11) is 0. The molecule has 3 N–H and O–H groups in total. The van der Waals surface area contributed by atoms with Crippen LogP contribution in [0.15, 0.2) is 55.1 Å². The van der Waals surface area contributed by atoms with Crippen LogP contribution in [0.3, 0.4) is 0 Å². The number of benzene rings is 1. The smallest absolute Gasteiger partial charge is 0.168 e. The number of aromatic nitrogens is 5. The zero-order valence-corrected chi connectivity index (χ0v) is 14.7. The van der Waals surface area contributed by atoms with Crippen LogP contribution in [0.1, 0.15) is 19.4 Å². The van der Waals surface area contributed by atoms with Gasteiger partial charge in [0, 0.05) is 11.9 Å². The van der Waals surface area contributed by atoms with Gasteiger partial charge >= 0.3 is 0 Å². The Labute approximate surface area is 151 Å². The van der Waals surface area contributed by atoms with Crippen molar-refractivity contribution in [2.75, 3.05) is 5.73 Å². The highest BCUT2D eigenvalue weighted by atomic mass is 16.3. The van der Waals surface area contributed by atoms with Crippen molar-refractivity contribution in [3.05, 3.63) is 60.7 Å². The van der Waals surface area contributed by atoms with Gasteiger partial charge in [0.05, 0.1) is 18.4 Å². The normalized spacial score (nSPS) is 10.4. The molecule has 4 aromatic rings. The Bertz CT molecular complexity index is 1010. The molecular formula is C19H20N6O. The molecule has 3 heterocycles. The summed E-state index contributed by atoms with van der Waals surface area (Å²) in [6.07, 6.45) is 4.79. The summed E-state index contributed by atoms with van der Waals surface area (Å²) >= 11 is 0. The molecule has 7 heteroatoms. The van der Waals surface area contributed by atoms with Gasteiger partial charge in [-0.15, -0.1) is 0 Å². The van der Waals surface area contributed by atoms with E-state index in [1.54, 1.807) is 12.4 Å². The van der Waals surface area contributed by atoms with Crippen LogP contribution >= 0.6 is 0 Å². The van der Waals surface area contributed by atoms with Gasteiger partial charge < -0.3 is 10.8 Å². The Morgan fingerprint density at radius 1 is 1.08 bits per heavy atom. The number of hydrogen-bond donors (Lipinski definition) is 2. The summed E-state index contributed by atoms with van der Waals surface area (Å²) in [6, 6.07) is 11.2. The van der Waals surface area contributed by atoms with E-state index in [2.05, 4.69) is 19.9 Å².